The zero-order chi connectivity index (χ0) is 30.7. The normalized spacial score (nSPS) is 22.4. The van der Waals surface area contributed by atoms with Crippen molar-refractivity contribution in [2.75, 3.05) is 31.2 Å². The van der Waals surface area contributed by atoms with Crippen LogP contribution in [0, 0.1) is 11.6 Å². The summed E-state index contributed by atoms with van der Waals surface area (Å²) in [4.78, 5) is 15.9. The fourth-order valence-electron chi connectivity index (χ4n) is 6.07. The van der Waals surface area contributed by atoms with Crippen LogP contribution in [0.15, 0.2) is 66.7 Å². The predicted octanol–water partition coefficient (Wildman–Crippen LogP) is 6.44. The largest absolute Gasteiger partial charge is 0.416 e. The molecule has 5 nitrogen and oxygen atoms in total. The molecular formula is C32H35F5N4OS. The molecule has 2 heterocycles. The molecule has 2 saturated heterocycles. The molecule has 2 aliphatic rings. The Morgan fingerprint density at radius 3 is 2.53 bits per heavy atom. The zero-order valence-corrected chi connectivity index (χ0v) is 24.6. The number of piperazine rings is 1. The van der Waals surface area contributed by atoms with Crippen LogP contribution in [0.3, 0.4) is 0 Å². The number of nitrogens with zero attached hydrogens (tertiary/aromatic N) is 2. The number of fused-ring (bicyclic) bond motifs is 2. The van der Waals surface area contributed by atoms with Crippen LogP contribution in [0.1, 0.15) is 47.4 Å². The molecule has 0 spiro atoms. The van der Waals surface area contributed by atoms with Gasteiger partial charge in [-0.05, 0) is 74.2 Å². The Labute approximate surface area is 252 Å². The van der Waals surface area contributed by atoms with Gasteiger partial charge in [0.25, 0.3) is 0 Å². The van der Waals surface area contributed by atoms with Gasteiger partial charge in [-0.25, -0.2) is 13.1 Å². The van der Waals surface area contributed by atoms with Gasteiger partial charge in [-0.15, -0.1) is 0 Å². The number of carbonyl (C=O) groups is 1. The molecule has 3 unspecified atom stereocenters. The highest BCUT2D eigenvalue weighted by molar-refractivity contribution is 7.97. The Balaban J connectivity index is 1.37. The average Bonchev–Trinajstić information content (AvgIpc) is 3.20. The molecule has 11 heteroatoms. The second-order valence-electron chi connectivity index (χ2n) is 11.3. The molecule has 43 heavy (non-hydrogen) atoms. The van der Waals surface area contributed by atoms with Gasteiger partial charge < -0.3 is 16.0 Å². The minimum Gasteiger partial charge on any atom is -0.324 e. The maximum atomic E-state index is 15.2. The molecular weight excluding hydrogens is 583 g/mol. The molecule has 1 amide bonds. The van der Waals surface area contributed by atoms with Gasteiger partial charge in [0.05, 0.1) is 11.6 Å². The number of alkyl halides is 3. The van der Waals surface area contributed by atoms with E-state index in [1.54, 1.807) is 6.07 Å². The van der Waals surface area contributed by atoms with Crippen molar-refractivity contribution in [3.05, 3.63) is 101 Å². The van der Waals surface area contributed by atoms with E-state index in [2.05, 4.69) is 21.6 Å². The van der Waals surface area contributed by atoms with Gasteiger partial charge in [0, 0.05) is 48.1 Å². The molecule has 0 radical (unpaired) electrons. The lowest BCUT2D eigenvalue weighted by atomic mass is 9.84. The van der Waals surface area contributed by atoms with Crippen LogP contribution >= 0.6 is 11.9 Å². The van der Waals surface area contributed by atoms with Crippen LogP contribution in [-0.2, 0) is 17.4 Å². The number of hydrogen-bond acceptors (Lipinski definition) is 5. The van der Waals surface area contributed by atoms with Crippen molar-refractivity contribution < 1.29 is 26.7 Å². The summed E-state index contributed by atoms with van der Waals surface area (Å²) in [6.45, 7) is 1.83. The van der Waals surface area contributed by atoms with Gasteiger partial charge in [-0.1, -0.05) is 48.3 Å². The topological polar surface area (TPSA) is 61.6 Å². The first-order valence-electron chi connectivity index (χ1n) is 14.4. The molecule has 2 fully saturated rings. The number of hydrogen-bond donors (Lipinski definition) is 2. The third kappa shape index (κ3) is 7.39. The highest BCUT2D eigenvalue weighted by Crippen LogP contribution is 2.35. The number of likely N-dealkylation sites (N-methyl/N-ethyl adjacent to an activating group) is 1. The van der Waals surface area contributed by atoms with E-state index in [-0.39, 0.29) is 17.3 Å². The van der Waals surface area contributed by atoms with E-state index in [0.29, 0.717) is 30.0 Å². The Kier molecular flexibility index (Phi) is 9.75. The van der Waals surface area contributed by atoms with Crippen molar-refractivity contribution in [1.29, 1.82) is 0 Å². The van der Waals surface area contributed by atoms with E-state index < -0.39 is 41.2 Å². The van der Waals surface area contributed by atoms with Crippen LogP contribution in [0.5, 0.6) is 0 Å². The summed E-state index contributed by atoms with van der Waals surface area (Å²) < 4.78 is 71.9. The molecule has 3 N–H and O–H groups in total. The summed E-state index contributed by atoms with van der Waals surface area (Å²) in [7, 11) is 2.13. The summed E-state index contributed by atoms with van der Waals surface area (Å²) in [5.74, 6) is -1.65. The summed E-state index contributed by atoms with van der Waals surface area (Å²) in [6, 6.07) is 13.5. The third-order valence-corrected chi connectivity index (χ3v) is 9.68. The van der Waals surface area contributed by atoms with Crippen LogP contribution < -0.4 is 11.1 Å². The SMILES string of the molecule is CN1CC(CCc2c(F)cccc2NC(=O)[C@@H](N)[C@@H](c2ccc(F)cc2)c2cccc(C(F)(F)F)c2)N2CC1CCCS2. The van der Waals surface area contributed by atoms with E-state index in [1.807, 2.05) is 11.9 Å². The molecule has 2 bridgehead atoms. The smallest absolute Gasteiger partial charge is 0.324 e. The first kappa shape index (κ1) is 31.4. The van der Waals surface area contributed by atoms with Gasteiger partial charge in [-0.3, -0.25) is 4.79 Å². The van der Waals surface area contributed by atoms with Gasteiger partial charge in [-0.2, -0.15) is 13.2 Å². The first-order chi connectivity index (χ1) is 20.5. The van der Waals surface area contributed by atoms with Crippen molar-refractivity contribution >= 4 is 23.5 Å². The van der Waals surface area contributed by atoms with Crippen LogP contribution in [0.25, 0.3) is 0 Å². The van der Waals surface area contributed by atoms with Gasteiger partial charge >= 0.3 is 6.18 Å². The van der Waals surface area contributed by atoms with Gasteiger partial charge in [0.15, 0.2) is 0 Å². The monoisotopic (exact) mass is 618 g/mol. The Bertz CT molecular complexity index is 1420. The molecule has 5 atom stereocenters. The molecule has 0 aliphatic carbocycles. The number of halogens is 5. The Morgan fingerprint density at radius 2 is 1.79 bits per heavy atom. The zero-order valence-electron chi connectivity index (χ0n) is 23.8. The van der Waals surface area contributed by atoms with E-state index in [4.69, 9.17) is 5.73 Å². The predicted molar refractivity (Wildman–Crippen MR) is 160 cm³/mol. The molecule has 0 saturated carbocycles. The van der Waals surface area contributed by atoms with Gasteiger partial charge in [0.2, 0.25) is 5.91 Å². The molecule has 2 aliphatic heterocycles. The highest BCUT2D eigenvalue weighted by atomic mass is 32.2. The number of amides is 1. The quantitative estimate of drug-likeness (QED) is 0.225. The molecule has 3 aromatic carbocycles. The van der Waals surface area contributed by atoms with Crippen molar-refractivity contribution in [3.8, 4) is 0 Å². The molecule has 0 aromatic heterocycles. The Hall–Kier alpha value is -2.99. The summed E-state index contributed by atoms with van der Waals surface area (Å²) in [6.07, 6.45) is -1.22. The molecule has 5 rings (SSSR count). The fourth-order valence-corrected chi connectivity index (χ4v) is 7.26. The van der Waals surface area contributed by atoms with Crippen LogP contribution in [0.2, 0.25) is 0 Å². The van der Waals surface area contributed by atoms with Crippen LogP contribution in [-0.4, -0.2) is 59.1 Å². The van der Waals surface area contributed by atoms with E-state index in [1.165, 1.54) is 48.5 Å². The van der Waals surface area contributed by atoms with Crippen molar-refractivity contribution in [1.82, 2.24) is 9.21 Å². The van der Waals surface area contributed by atoms with Crippen molar-refractivity contribution in [2.45, 2.75) is 55.9 Å². The summed E-state index contributed by atoms with van der Waals surface area (Å²) >= 11 is 1.84. The van der Waals surface area contributed by atoms with Gasteiger partial charge in [0.1, 0.15) is 11.6 Å². The second-order valence-corrected chi connectivity index (χ2v) is 12.4. The standard InChI is InChI=1S/C32H35F5N4OS/c1-40-18-25(41-19-24(40)7-4-16-43-41)14-15-26-27(34)8-3-9-28(26)39-31(42)30(38)29(20-10-12-23(33)13-11-20)21-5-2-6-22(17-21)32(35,36)37/h2-3,5-6,8-13,17,24-25,29-30H,4,7,14-16,18-19,38H2,1H3,(H,39,42)/t24?,25?,29-,30-/m0/s1. The second kappa shape index (κ2) is 13.3. The van der Waals surface area contributed by atoms with E-state index in [9.17, 15) is 22.4 Å². The number of benzene rings is 3. The lowest BCUT2D eigenvalue weighted by molar-refractivity contribution is -0.137. The van der Waals surface area contributed by atoms with E-state index >= 15 is 4.39 Å². The number of carbonyl (C=O) groups excluding carboxylic acids is 1. The molecule has 230 valence electrons. The fraction of sp³-hybridized carbons (Fsp3) is 0.406. The highest BCUT2D eigenvalue weighted by Gasteiger charge is 2.35. The van der Waals surface area contributed by atoms with Crippen molar-refractivity contribution in [2.24, 2.45) is 5.73 Å². The lowest BCUT2D eigenvalue weighted by Crippen LogP contribution is -2.53. The minimum atomic E-state index is -4.61. The average molecular weight is 619 g/mol. The number of anilines is 1. The number of rotatable bonds is 8. The number of nitrogens with two attached hydrogens (primary N) is 1. The van der Waals surface area contributed by atoms with E-state index in [0.717, 1.165) is 43.8 Å². The minimum absolute atomic E-state index is 0.151. The maximum Gasteiger partial charge on any atom is 0.416 e. The third-order valence-electron chi connectivity index (χ3n) is 8.43. The number of nitrogens with one attached hydrogen (secondary N) is 1. The Morgan fingerprint density at radius 1 is 1.05 bits per heavy atom. The summed E-state index contributed by atoms with van der Waals surface area (Å²) in [5, 5.41) is 2.75. The van der Waals surface area contributed by atoms with Crippen LogP contribution in [0.4, 0.5) is 27.6 Å². The molecule has 3 aromatic rings. The van der Waals surface area contributed by atoms with Crippen molar-refractivity contribution in [3.63, 3.8) is 0 Å². The lowest BCUT2D eigenvalue weighted by Gasteiger charge is -2.43. The first-order valence-corrected chi connectivity index (χ1v) is 15.3. The summed E-state index contributed by atoms with van der Waals surface area (Å²) in [5.41, 5.74) is 6.70. The maximum absolute atomic E-state index is 15.2.